The second-order valence-corrected chi connectivity index (χ2v) is 6.49. The molecule has 0 saturated carbocycles. The molecule has 29 heavy (non-hydrogen) atoms. The van der Waals surface area contributed by atoms with Crippen molar-refractivity contribution in [2.45, 2.75) is 6.54 Å². The Morgan fingerprint density at radius 3 is 2.34 bits per heavy atom. The SMILES string of the molecule is O=C(c1ccccc1)n1c(=O)ccn(CCOc2ccc3ccccc3c2)c1=O. The first-order valence-electron chi connectivity index (χ1n) is 9.17. The summed E-state index contributed by atoms with van der Waals surface area (Å²) in [5, 5.41) is 2.17. The molecule has 3 aromatic carbocycles. The van der Waals surface area contributed by atoms with E-state index in [2.05, 4.69) is 0 Å². The summed E-state index contributed by atoms with van der Waals surface area (Å²) in [4.78, 5) is 37.4. The molecule has 0 spiro atoms. The molecular weight excluding hydrogens is 368 g/mol. The Hall–Kier alpha value is -3.93. The molecule has 0 unspecified atom stereocenters. The first-order valence-corrected chi connectivity index (χ1v) is 9.17. The van der Waals surface area contributed by atoms with Crippen LogP contribution in [0.5, 0.6) is 5.75 Å². The molecule has 0 N–H and O–H groups in total. The normalized spacial score (nSPS) is 10.8. The van der Waals surface area contributed by atoms with E-state index in [1.54, 1.807) is 30.3 Å². The lowest BCUT2D eigenvalue weighted by atomic mass is 10.1. The maximum absolute atomic E-state index is 12.7. The lowest BCUT2D eigenvalue weighted by Crippen LogP contribution is -2.43. The van der Waals surface area contributed by atoms with Crippen molar-refractivity contribution in [1.29, 1.82) is 0 Å². The third-order valence-electron chi connectivity index (χ3n) is 4.60. The van der Waals surface area contributed by atoms with Gasteiger partial charge in [0.1, 0.15) is 12.4 Å². The van der Waals surface area contributed by atoms with Gasteiger partial charge in [-0.2, -0.15) is 4.57 Å². The molecule has 4 rings (SSSR count). The monoisotopic (exact) mass is 386 g/mol. The first-order chi connectivity index (χ1) is 14.1. The predicted octanol–water partition coefficient (Wildman–Crippen LogP) is 2.93. The summed E-state index contributed by atoms with van der Waals surface area (Å²) in [6, 6.07) is 23.2. The molecule has 0 aliphatic heterocycles. The number of carbonyl (C=O) groups excluding carboxylic acids is 1. The Bertz CT molecular complexity index is 1290. The van der Waals surface area contributed by atoms with E-state index in [4.69, 9.17) is 4.74 Å². The van der Waals surface area contributed by atoms with E-state index in [9.17, 15) is 14.4 Å². The van der Waals surface area contributed by atoms with E-state index in [1.165, 1.54) is 16.8 Å². The van der Waals surface area contributed by atoms with Crippen LogP contribution in [0.1, 0.15) is 10.4 Å². The summed E-state index contributed by atoms with van der Waals surface area (Å²) in [6.45, 7) is 0.421. The number of fused-ring (bicyclic) bond motifs is 1. The fourth-order valence-corrected chi connectivity index (χ4v) is 3.10. The number of aromatic nitrogens is 2. The van der Waals surface area contributed by atoms with Crippen molar-refractivity contribution < 1.29 is 9.53 Å². The average molecular weight is 386 g/mol. The Morgan fingerprint density at radius 1 is 0.828 bits per heavy atom. The molecule has 0 aliphatic carbocycles. The number of nitrogens with zero attached hydrogens (tertiary/aromatic N) is 2. The molecule has 0 bridgehead atoms. The molecule has 4 aromatic rings. The largest absolute Gasteiger partial charge is 0.492 e. The molecule has 0 atom stereocenters. The fraction of sp³-hybridized carbons (Fsp3) is 0.0870. The van der Waals surface area contributed by atoms with Gasteiger partial charge in [-0.15, -0.1) is 0 Å². The number of rotatable bonds is 5. The Labute approximate surface area is 166 Å². The van der Waals surface area contributed by atoms with Crippen LogP contribution in [-0.2, 0) is 6.54 Å². The maximum Gasteiger partial charge on any atom is 0.338 e. The summed E-state index contributed by atoms with van der Waals surface area (Å²) in [7, 11) is 0. The van der Waals surface area contributed by atoms with Gasteiger partial charge in [-0.25, -0.2) is 4.79 Å². The molecule has 0 radical (unpaired) electrons. The van der Waals surface area contributed by atoms with Crippen LogP contribution in [0, 0.1) is 0 Å². The summed E-state index contributed by atoms with van der Waals surface area (Å²) in [6.07, 6.45) is 1.38. The van der Waals surface area contributed by atoms with Crippen molar-refractivity contribution >= 4 is 16.7 Å². The van der Waals surface area contributed by atoms with E-state index in [0.717, 1.165) is 10.8 Å². The minimum absolute atomic E-state index is 0.202. The molecule has 0 amide bonds. The topological polar surface area (TPSA) is 70.3 Å². The van der Waals surface area contributed by atoms with E-state index in [-0.39, 0.29) is 18.7 Å². The second kappa shape index (κ2) is 7.98. The summed E-state index contributed by atoms with van der Waals surface area (Å²) < 4.78 is 7.70. The van der Waals surface area contributed by atoms with Crippen molar-refractivity contribution in [3.05, 3.63) is 111 Å². The van der Waals surface area contributed by atoms with E-state index in [1.807, 2.05) is 42.5 Å². The van der Waals surface area contributed by atoms with Gasteiger partial charge in [0.25, 0.3) is 11.5 Å². The van der Waals surface area contributed by atoms with E-state index >= 15 is 0 Å². The van der Waals surface area contributed by atoms with Crippen LogP contribution >= 0.6 is 0 Å². The van der Waals surface area contributed by atoms with Crippen LogP contribution in [0.15, 0.2) is 94.6 Å². The van der Waals surface area contributed by atoms with Crippen molar-refractivity contribution in [2.75, 3.05) is 6.61 Å². The van der Waals surface area contributed by atoms with Gasteiger partial charge >= 0.3 is 5.69 Å². The standard InChI is InChI=1S/C23H18N2O4/c26-21-12-13-24(23(28)25(21)22(27)18-7-2-1-3-8-18)14-15-29-20-11-10-17-6-4-5-9-19(17)16-20/h1-13,16H,14-15H2. The van der Waals surface area contributed by atoms with Crippen molar-refractivity contribution in [2.24, 2.45) is 0 Å². The highest BCUT2D eigenvalue weighted by molar-refractivity contribution is 5.95. The number of hydrogen-bond donors (Lipinski definition) is 0. The van der Waals surface area contributed by atoms with E-state index in [0.29, 0.717) is 10.3 Å². The number of benzene rings is 3. The van der Waals surface area contributed by atoms with Gasteiger partial charge < -0.3 is 4.74 Å². The number of carbonyl (C=O) groups is 1. The maximum atomic E-state index is 12.7. The van der Waals surface area contributed by atoms with Gasteiger partial charge in [-0.1, -0.05) is 48.5 Å². The molecule has 6 nitrogen and oxygen atoms in total. The van der Waals surface area contributed by atoms with Crippen LogP contribution in [0.4, 0.5) is 0 Å². The van der Waals surface area contributed by atoms with Crippen LogP contribution in [0.2, 0.25) is 0 Å². The summed E-state index contributed by atoms with van der Waals surface area (Å²) in [5.41, 5.74) is -1.07. The van der Waals surface area contributed by atoms with Crippen LogP contribution in [-0.4, -0.2) is 21.6 Å². The smallest absolute Gasteiger partial charge is 0.338 e. The fourth-order valence-electron chi connectivity index (χ4n) is 3.10. The molecule has 1 aromatic heterocycles. The lowest BCUT2D eigenvalue weighted by molar-refractivity contribution is 0.0948. The molecule has 144 valence electrons. The first kappa shape index (κ1) is 18.4. The molecular formula is C23H18N2O4. The van der Waals surface area contributed by atoms with Crippen LogP contribution in [0.3, 0.4) is 0 Å². The number of hydrogen-bond acceptors (Lipinski definition) is 4. The van der Waals surface area contributed by atoms with Gasteiger partial charge in [0.15, 0.2) is 0 Å². The molecule has 0 saturated heterocycles. The minimum Gasteiger partial charge on any atom is -0.492 e. The Balaban J connectivity index is 1.52. The van der Waals surface area contributed by atoms with Gasteiger partial charge in [0.2, 0.25) is 0 Å². The Kier molecular flexibility index (Phi) is 5.07. The predicted molar refractivity (Wildman–Crippen MR) is 111 cm³/mol. The van der Waals surface area contributed by atoms with Crippen molar-refractivity contribution in [1.82, 2.24) is 9.13 Å². The zero-order valence-electron chi connectivity index (χ0n) is 15.5. The molecule has 6 heteroatoms. The average Bonchev–Trinajstić information content (AvgIpc) is 2.76. The zero-order chi connectivity index (χ0) is 20.2. The van der Waals surface area contributed by atoms with Gasteiger partial charge in [-0.05, 0) is 35.0 Å². The van der Waals surface area contributed by atoms with Gasteiger partial charge in [0.05, 0.1) is 6.54 Å². The minimum atomic E-state index is -0.687. The summed E-state index contributed by atoms with van der Waals surface area (Å²) >= 11 is 0. The molecule has 1 heterocycles. The third kappa shape index (κ3) is 3.87. The van der Waals surface area contributed by atoms with Crippen LogP contribution in [0.25, 0.3) is 10.8 Å². The highest BCUT2D eigenvalue weighted by Gasteiger charge is 2.15. The quantitative estimate of drug-likeness (QED) is 0.529. The third-order valence-corrected chi connectivity index (χ3v) is 4.60. The Morgan fingerprint density at radius 2 is 1.55 bits per heavy atom. The van der Waals surface area contributed by atoms with Crippen LogP contribution < -0.4 is 16.0 Å². The van der Waals surface area contributed by atoms with Crippen molar-refractivity contribution in [3.8, 4) is 5.75 Å². The van der Waals surface area contributed by atoms with E-state index < -0.39 is 17.2 Å². The molecule has 0 aliphatic rings. The zero-order valence-corrected chi connectivity index (χ0v) is 15.5. The van der Waals surface area contributed by atoms with Gasteiger partial charge in [0, 0.05) is 17.8 Å². The van der Waals surface area contributed by atoms with Crippen molar-refractivity contribution in [3.63, 3.8) is 0 Å². The highest BCUT2D eigenvalue weighted by Crippen LogP contribution is 2.20. The summed E-state index contributed by atoms with van der Waals surface area (Å²) in [5.74, 6) is 0.0378. The lowest BCUT2D eigenvalue weighted by Gasteiger charge is -2.11. The highest BCUT2D eigenvalue weighted by atomic mass is 16.5. The second-order valence-electron chi connectivity index (χ2n) is 6.49. The van der Waals surface area contributed by atoms with Gasteiger partial charge in [-0.3, -0.25) is 14.2 Å². The number of ether oxygens (including phenoxy) is 1. The molecule has 0 fully saturated rings.